The summed E-state index contributed by atoms with van der Waals surface area (Å²) in [5.41, 5.74) is 5.73. The highest BCUT2D eigenvalue weighted by molar-refractivity contribution is 7.86. The molecule has 0 bridgehead atoms. The summed E-state index contributed by atoms with van der Waals surface area (Å²) < 4.78 is 44.7. The van der Waals surface area contributed by atoms with Gasteiger partial charge < -0.3 is 10.5 Å². The third-order valence-electron chi connectivity index (χ3n) is 1.88. The molecule has 0 aliphatic rings. The summed E-state index contributed by atoms with van der Waals surface area (Å²) in [6, 6.07) is 2.42. The molecule has 0 aliphatic carbocycles. The number of nitrogens with two attached hydrogens (primary N) is 1. The molecule has 1 atom stereocenters. The lowest BCUT2D eigenvalue weighted by atomic mass is 10.3. The Morgan fingerprint density at radius 3 is 2.67 bits per heavy atom. The minimum absolute atomic E-state index is 0.0272. The van der Waals surface area contributed by atoms with Crippen molar-refractivity contribution in [1.29, 1.82) is 0 Å². The maximum atomic E-state index is 13.2. The van der Waals surface area contributed by atoms with Crippen LogP contribution in [0.5, 0.6) is 5.75 Å². The number of rotatable bonds is 5. The van der Waals surface area contributed by atoms with E-state index >= 15 is 0 Å². The quantitative estimate of drug-likeness (QED) is 0.662. The molecule has 1 aromatic rings. The molecular weight excluding hydrogens is 285 g/mol. The van der Waals surface area contributed by atoms with Gasteiger partial charge in [0.25, 0.3) is 10.1 Å². The topological polar surface area (TPSA) is 78.6 Å². The Hall–Kier alpha value is -1.05. The Kier molecular flexibility index (Phi) is 4.78. The second-order valence-electron chi connectivity index (χ2n) is 3.70. The zero-order valence-electron chi connectivity index (χ0n) is 9.81. The predicted molar refractivity (Wildman–Crippen MR) is 66.7 cm³/mol. The highest BCUT2D eigenvalue weighted by Crippen LogP contribution is 2.33. The third-order valence-corrected chi connectivity index (χ3v) is 2.91. The summed E-state index contributed by atoms with van der Waals surface area (Å²) in [7, 11) is -3.57. The van der Waals surface area contributed by atoms with Gasteiger partial charge in [-0.1, -0.05) is 11.6 Å². The molecule has 0 fully saturated rings. The number of benzene rings is 1. The van der Waals surface area contributed by atoms with Crippen molar-refractivity contribution in [2.24, 2.45) is 0 Å². The van der Waals surface area contributed by atoms with Crippen LogP contribution in [0, 0.1) is 5.82 Å². The molecule has 1 rings (SSSR count). The Balaban J connectivity index is 2.72. The summed E-state index contributed by atoms with van der Waals surface area (Å²) in [6.07, 6.45) is 0.186. The normalized spacial score (nSPS) is 13.3. The fraction of sp³-hybridized carbons (Fsp3) is 0.400. The molecule has 1 aromatic carbocycles. The standard InChI is InChI=1S/C10H13ClFNO4S/c1-6(17-18(2,14)15)5-16-10-8(13)4-3-7(12)9(10)11/h3-4,6H,5,13H2,1-2H3. The van der Waals surface area contributed by atoms with Crippen molar-refractivity contribution in [2.75, 3.05) is 18.6 Å². The number of hydrogen-bond donors (Lipinski definition) is 1. The van der Waals surface area contributed by atoms with Gasteiger partial charge in [0.2, 0.25) is 0 Å². The lowest BCUT2D eigenvalue weighted by Crippen LogP contribution is -2.21. The Bertz CT molecular complexity index is 535. The van der Waals surface area contributed by atoms with E-state index in [2.05, 4.69) is 4.18 Å². The van der Waals surface area contributed by atoms with Gasteiger partial charge in [-0.3, -0.25) is 4.18 Å². The van der Waals surface area contributed by atoms with Crippen molar-refractivity contribution in [3.8, 4) is 5.75 Å². The first kappa shape index (κ1) is 15.0. The van der Waals surface area contributed by atoms with E-state index in [4.69, 9.17) is 22.1 Å². The molecule has 0 saturated heterocycles. The number of hydrogen-bond acceptors (Lipinski definition) is 5. The van der Waals surface area contributed by atoms with Crippen LogP contribution >= 0.6 is 11.6 Å². The molecule has 1 unspecified atom stereocenters. The second kappa shape index (κ2) is 5.73. The maximum Gasteiger partial charge on any atom is 0.264 e. The van der Waals surface area contributed by atoms with E-state index in [9.17, 15) is 12.8 Å². The van der Waals surface area contributed by atoms with Crippen LogP contribution in [0.15, 0.2) is 12.1 Å². The molecule has 18 heavy (non-hydrogen) atoms. The van der Waals surface area contributed by atoms with Gasteiger partial charge in [-0.2, -0.15) is 8.42 Å². The van der Waals surface area contributed by atoms with Gasteiger partial charge >= 0.3 is 0 Å². The number of nitrogen functional groups attached to an aromatic ring is 1. The van der Waals surface area contributed by atoms with Crippen molar-refractivity contribution in [2.45, 2.75) is 13.0 Å². The first-order valence-electron chi connectivity index (χ1n) is 4.95. The summed E-state index contributed by atoms with van der Waals surface area (Å²) in [6.45, 7) is 1.37. The predicted octanol–water partition coefficient (Wildman–Crippen LogP) is 1.80. The highest BCUT2D eigenvalue weighted by atomic mass is 35.5. The molecule has 0 spiro atoms. The fourth-order valence-electron chi connectivity index (χ4n) is 1.22. The number of halogens is 2. The van der Waals surface area contributed by atoms with Crippen LogP contribution in [-0.4, -0.2) is 27.4 Å². The minimum Gasteiger partial charge on any atom is -0.487 e. The number of ether oxygens (including phenoxy) is 1. The Labute approximate surface area is 110 Å². The molecule has 8 heteroatoms. The summed E-state index contributed by atoms with van der Waals surface area (Å²) >= 11 is 5.68. The van der Waals surface area contributed by atoms with Crippen LogP contribution in [-0.2, 0) is 14.3 Å². The maximum absolute atomic E-state index is 13.2. The van der Waals surface area contributed by atoms with Crippen LogP contribution in [0.25, 0.3) is 0 Å². The fourth-order valence-corrected chi connectivity index (χ4v) is 2.10. The molecule has 0 aromatic heterocycles. The van der Waals surface area contributed by atoms with E-state index in [1.807, 2.05) is 0 Å². The summed E-state index contributed by atoms with van der Waals surface area (Å²) in [5, 5.41) is -0.249. The summed E-state index contributed by atoms with van der Waals surface area (Å²) in [5.74, 6) is -0.696. The monoisotopic (exact) mass is 297 g/mol. The van der Waals surface area contributed by atoms with Gasteiger partial charge in [-0.05, 0) is 19.1 Å². The molecular formula is C10H13ClFNO4S. The smallest absolute Gasteiger partial charge is 0.264 e. The molecule has 0 amide bonds. The first-order chi connectivity index (χ1) is 8.20. The lowest BCUT2D eigenvalue weighted by Gasteiger charge is -2.15. The molecule has 0 heterocycles. The highest BCUT2D eigenvalue weighted by Gasteiger charge is 2.15. The van der Waals surface area contributed by atoms with Crippen LogP contribution in [0.1, 0.15) is 6.92 Å². The van der Waals surface area contributed by atoms with Crippen molar-refractivity contribution < 1.29 is 21.7 Å². The van der Waals surface area contributed by atoms with Crippen LogP contribution in [0.3, 0.4) is 0 Å². The molecule has 2 N–H and O–H groups in total. The second-order valence-corrected chi connectivity index (χ2v) is 5.68. The van der Waals surface area contributed by atoms with Crippen LogP contribution in [0.4, 0.5) is 10.1 Å². The zero-order valence-corrected chi connectivity index (χ0v) is 11.4. The molecule has 102 valence electrons. The van der Waals surface area contributed by atoms with Gasteiger partial charge in [0.1, 0.15) is 23.6 Å². The van der Waals surface area contributed by atoms with E-state index in [0.717, 1.165) is 12.3 Å². The van der Waals surface area contributed by atoms with Gasteiger partial charge in [0.05, 0.1) is 11.9 Å². The van der Waals surface area contributed by atoms with Gasteiger partial charge in [-0.15, -0.1) is 0 Å². The largest absolute Gasteiger partial charge is 0.487 e. The Morgan fingerprint density at radius 1 is 1.50 bits per heavy atom. The summed E-state index contributed by atoms with van der Waals surface area (Å²) in [4.78, 5) is 0. The van der Waals surface area contributed by atoms with E-state index in [0.29, 0.717) is 0 Å². The number of anilines is 1. The van der Waals surface area contributed by atoms with Gasteiger partial charge in [-0.25, -0.2) is 4.39 Å². The zero-order chi connectivity index (χ0) is 13.9. The van der Waals surface area contributed by atoms with E-state index in [1.165, 1.54) is 13.0 Å². The van der Waals surface area contributed by atoms with Crippen molar-refractivity contribution in [3.05, 3.63) is 23.0 Å². The molecule has 0 aliphatic heterocycles. The lowest BCUT2D eigenvalue weighted by molar-refractivity contribution is 0.150. The SMILES string of the molecule is CC(COc1c(N)ccc(F)c1Cl)OS(C)(=O)=O. The van der Waals surface area contributed by atoms with Crippen molar-refractivity contribution >= 4 is 27.4 Å². The molecule has 0 radical (unpaired) electrons. The first-order valence-corrected chi connectivity index (χ1v) is 7.14. The Morgan fingerprint density at radius 2 is 2.11 bits per heavy atom. The van der Waals surface area contributed by atoms with E-state index in [-0.39, 0.29) is 23.1 Å². The third kappa shape index (κ3) is 4.32. The average Bonchev–Trinajstić information content (AvgIpc) is 2.21. The minimum atomic E-state index is -3.57. The van der Waals surface area contributed by atoms with Crippen molar-refractivity contribution in [3.63, 3.8) is 0 Å². The molecule has 0 saturated carbocycles. The van der Waals surface area contributed by atoms with Crippen molar-refractivity contribution in [1.82, 2.24) is 0 Å². The van der Waals surface area contributed by atoms with Crippen LogP contribution in [0.2, 0.25) is 5.02 Å². The van der Waals surface area contributed by atoms with Gasteiger partial charge in [0.15, 0.2) is 5.75 Å². The molecule has 5 nitrogen and oxygen atoms in total. The average molecular weight is 298 g/mol. The van der Waals surface area contributed by atoms with E-state index < -0.39 is 22.0 Å². The van der Waals surface area contributed by atoms with Gasteiger partial charge in [0, 0.05) is 0 Å². The van der Waals surface area contributed by atoms with E-state index in [1.54, 1.807) is 0 Å². The van der Waals surface area contributed by atoms with Crippen LogP contribution < -0.4 is 10.5 Å².